The highest BCUT2D eigenvalue weighted by Gasteiger charge is 2.12. The van der Waals surface area contributed by atoms with E-state index in [-0.39, 0.29) is 0 Å². The van der Waals surface area contributed by atoms with E-state index in [0.717, 1.165) is 38.7 Å². The Morgan fingerprint density at radius 1 is 1.10 bits per heavy atom. The van der Waals surface area contributed by atoms with Gasteiger partial charge in [0.05, 0.1) is 10.7 Å². The molecule has 1 aliphatic rings. The number of thioether (sulfide) groups is 2. The van der Waals surface area contributed by atoms with E-state index in [0.29, 0.717) is 0 Å². The molecule has 0 amide bonds. The molecule has 0 N–H and O–H groups in total. The Labute approximate surface area is 143 Å². The first kappa shape index (κ1) is 15.3. The van der Waals surface area contributed by atoms with Gasteiger partial charge in [-0.1, -0.05) is 35.3 Å². The molecule has 0 saturated heterocycles. The summed E-state index contributed by atoms with van der Waals surface area (Å²) in [6.07, 6.45) is 0.988. The molecule has 0 bridgehead atoms. The summed E-state index contributed by atoms with van der Waals surface area (Å²) in [5.41, 5.74) is 2.21. The van der Waals surface area contributed by atoms with Crippen LogP contribution < -0.4 is 0 Å². The van der Waals surface area contributed by atoms with Gasteiger partial charge < -0.3 is 0 Å². The van der Waals surface area contributed by atoms with Gasteiger partial charge in [-0.05, 0) is 35.9 Å². The van der Waals surface area contributed by atoms with Crippen molar-refractivity contribution in [1.29, 1.82) is 0 Å². The highest BCUT2D eigenvalue weighted by atomic mass is 35.5. The SMILES string of the molecule is Clc1cccc(CSC2=Nc3cc(Cl)ccc3SCC2)c1. The summed E-state index contributed by atoms with van der Waals surface area (Å²) in [5, 5.41) is 2.67. The molecule has 0 radical (unpaired) electrons. The molecule has 0 fully saturated rings. The zero-order valence-electron chi connectivity index (χ0n) is 11.2. The van der Waals surface area contributed by atoms with Gasteiger partial charge in [0.25, 0.3) is 0 Å². The molecular formula is C16H13Cl2NS2. The second kappa shape index (κ2) is 7.10. The third-order valence-electron chi connectivity index (χ3n) is 3.03. The normalized spacial score (nSPS) is 14.3. The Bertz CT molecular complexity index is 686. The smallest absolute Gasteiger partial charge is 0.0789 e. The minimum atomic E-state index is 0.735. The van der Waals surface area contributed by atoms with Crippen molar-refractivity contribution < 1.29 is 0 Å². The van der Waals surface area contributed by atoms with Crippen LogP contribution in [0, 0.1) is 0 Å². The van der Waals surface area contributed by atoms with Gasteiger partial charge >= 0.3 is 0 Å². The second-order valence-electron chi connectivity index (χ2n) is 4.63. The number of rotatable bonds is 2. The van der Waals surface area contributed by atoms with Crippen LogP contribution in [0.5, 0.6) is 0 Å². The third-order valence-corrected chi connectivity index (χ3v) is 5.68. The molecule has 1 aliphatic heterocycles. The van der Waals surface area contributed by atoms with Gasteiger partial charge in [0, 0.05) is 32.9 Å². The fourth-order valence-corrected chi connectivity index (χ4v) is 4.40. The van der Waals surface area contributed by atoms with Crippen LogP contribution in [0.15, 0.2) is 52.4 Å². The summed E-state index contributed by atoms with van der Waals surface area (Å²) in [6, 6.07) is 13.9. The Morgan fingerprint density at radius 3 is 2.81 bits per heavy atom. The Balaban J connectivity index is 1.76. The average molecular weight is 354 g/mol. The van der Waals surface area contributed by atoms with E-state index in [1.54, 1.807) is 11.8 Å². The zero-order valence-corrected chi connectivity index (χ0v) is 14.3. The summed E-state index contributed by atoms with van der Waals surface area (Å²) in [7, 11) is 0. The lowest BCUT2D eigenvalue weighted by Gasteiger charge is -2.04. The number of halogens is 2. The van der Waals surface area contributed by atoms with Crippen LogP contribution in [0.2, 0.25) is 10.0 Å². The number of benzene rings is 2. The van der Waals surface area contributed by atoms with Crippen molar-refractivity contribution in [1.82, 2.24) is 0 Å². The van der Waals surface area contributed by atoms with Crippen molar-refractivity contribution in [2.45, 2.75) is 17.1 Å². The zero-order chi connectivity index (χ0) is 14.7. The van der Waals surface area contributed by atoms with Crippen LogP contribution in [-0.4, -0.2) is 10.8 Å². The minimum absolute atomic E-state index is 0.735. The van der Waals surface area contributed by atoms with E-state index < -0.39 is 0 Å². The molecule has 0 atom stereocenters. The largest absolute Gasteiger partial charge is 0.245 e. The highest BCUT2D eigenvalue weighted by molar-refractivity contribution is 8.13. The molecule has 21 heavy (non-hydrogen) atoms. The van der Waals surface area contributed by atoms with Crippen LogP contribution in [0.3, 0.4) is 0 Å². The molecule has 2 aromatic carbocycles. The minimum Gasteiger partial charge on any atom is -0.245 e. The molecule has 2 aromatic rings. The lowest BCUT2D eigenvalue weighted by Crippen LogP contribution is -1.94. The molecular weight excluding hydrogens is 341 g/mol. The summed E-state index contributed by atoms with van der Waals surface area (Å²) in [5.74, 6) is 1.94. The van der Waals surface area contributed by atoms with E-state index in [1.165, 1.54) is 10.5 Å². The molecule has 3 rings (SSSR count). The monoisotopic (exact) mass is 353 g/mol. The Morgan fingerprint density at radius 2 is 1.95 bits per heavy atom. The Hall–Kier alpha value is -0.610. The van der Waals surface area contributed by atoms with Crippen molar-refractivity contribution in [3.8, 4) is 0 Å². The molecule has 108 valence electrons. The average Bonchev–Trinajstić information content (AvgIpc) is 2.66. The van der Waals surface area contributed by atoms with Crippen LogP contribution in [-0.2, 0) is 5.75 Å². The maximum atomic E-state index is 6.07. The van der Waals surface area contributed by atoms with Gasteiger partial charge in [0.2, 0.25) is 0 Å². The summed E-state index contributed by atoms with van der Waals surface area (Å²) >= 11 is 15.7. The van der Waals surface area contributed by atoms with Gasteiger partial charge in [-0.3, -0.25) is 0 Å². The molecule has 1 nitrogen and oxygen atoms in total. The number of nitrogens with zero attached hydrogens (tertiary/aromatic N) is 1. The van der Waals surface area contributed by atoms with Crippen LogP contribution in [0.4, 0.5) is 5.69 Å². The van der Waals surface area contributed by atoms with Gasteiger partial charge in [0.1, 0.15) is 0 Å². The first-order valence-electron chi connectivity index (χ1n) is 6.58. The van der Waals surface area contributed by atoms with Gasteiger partial charge in [-0.25, -0.2) is 4.99 Å². The number of fused-ring (bicyclic) bond motifs is 1. The molecule has 1 heterocycles. The fraction of sp³-hybridized carbons (Fsp3) is 0.188. The van der Waals surface area contributed by atoms with E-state index in [9.17, 15) is 0 Å². The lowest BCUT2D eigenvalue weighted by molar-refractivity contribution is 1.33. The lowest BCUT2D eigenvalue weighted by atomic mass is 10.2. The maximum absolute atomic E-state index is 6.07. The summed E-state index contributed by atoms with van der Waals surface area (Å²) < 4.78 is 0. The van der Waals surface area contributed by atoms with E-state index in [4.69, 9.17) is 28.2 Å². The molecule has 0 spiro atoms. The first-order chi connectivity index (χ1) is 10.2. The molecule has 0 aromatic heterocycles. The van der Waals surface area contributed by atoms with E-state index in [2.05, 4.69) is 12.1 Å². The van der Waals surface area contributed by atoms with Crippen molar-refractivity contribution in [3.05, 3.63) is 58.1 Å². The summed E-state index contributed by atoms with van der Waals surface area (Å²) in [6.45, 7) is 0. The van der Waals surface area contributed by atoms with E-state index >= 15 is 0 Å². The number of aliphatic imine (C=N–C) groups is 1. The molecule has 0 saturated carbocycles. The predicted octanol–water partition coefficient (Wildman–Crippen LogP) is 6.45. The first-order valence-corrected chi connectivity index (χ1v) is 9.30. The standard InChI is InChI=1S/C16H13Cl2NS2/c17-12-3-1-2-11(8-12)10-21-16-6-7-20-15-5-4-13(18)9-14(15)19-16/h1-5,8-9H,6-7,10H2. The van der Waals surface area contributed by atoms with Crippen LogP contribution in [0.25, 0.3) is 0 Å². The van der Waals surface area contributed by atoms with Crippen LogP contribution in [0.1, 0.15) is 12.0 Å². The number of hydrogen-bond acceptors (Lipinski definition) is 3. The van der Waals surface area contributed by atoms with Crippen molar-refractivity contribution >= 4 is 57.5 Å². The second-order valence-corrected chi connectivity index (χ2v) is 7.69. The quantitative estimate of drug-likeness (QED) is 0.614. The summed E-state index contributed by atoms with van der Waals surface area (Å²) in [4.78, 5) is 5.99. The molecule has 0 unspecified atom stereocenters. The topological polar surface area (TPSA) is 12.4 Å². The van der Waals surface area contributed by atoms with Crippen molar-refractivity contribution in [2.24, 2.45) is 4.99 Å². The third kappa shape index (κ3) is 4.19. The van der Waals surface area contributed by atoms with E-state index in [1.807, 2.05) is 42.1 Å². The molecule has 0 aliphatic carbocycles. The van der Waals surface area contributed by atoms with Gasteiger partial charge in [-0.2, -0.15) is 0 Å². The number of hydrogen-bond donors (Lipinski definition) is 0. The maximum Gasteiger partial charge on any atom is 0.0789 e. The Kier molecular flexibility index (Phi) is 5.17. The van der Waals surface area contributed by atoms with Crippen molar-refractivity contribution in [3.63, 3.8) is 0 Å². The predicted molar refractivity (Wildman–Crippen MR) is 96.6 cm³/mol. The fourth-order valence-electron chi connectivity index (χ4n) is 2.04. The van der Waals surface area contributed by atoms with Crippen molar-refractivity contribution in [2.75, 3.05) is 5.75 Å². The molecule has 5 heteroatoms. The van der Waals surface area contributed by atoms with Gasteiger partial charge in [-0.15, -0.1) is 23.5 Å². The van der Waals surface area contributed by atoms with Crippen LogP contribution >= 0.6 is 46.7 Å². The highest BCUT2D eigenvalue weighted by Crippen LogP contribution is 2.37. The van der Waals surface area contributed by atoms with Gasteiger partial charge in [0.15, 0.2) is 0 Å².